The summed E-state index contributed by atoms with van der Waals surface area (Å²) in [5.74, 6) is 0.672. The number of hydrogen-bond acceptors (Lipinski definition) is 3. The molecule has 1 rings (SSSR count). The van der Waals surface area contributed by atoms with Crippen LogP contribution < -0.4 is 5.32 Å². The zero-order valence-electron chi connectivity index (χ0n) is 7.34. The highest BCUT2D eigenvalue weighted by Crippen LogP contribution is 2.16. The molecule has 0 amide bonds. The molecule has 0 bridgehead atoms. The average Bonchev–Trinajstić information content (AvgIpc) is 2.03. The van der Waals surface area contributed by atoms with Gasteiger partial charge >= 0.3 is 0 Å². The molecule has 70 valence electrons. The Balaban J connectivity index is 2.46. The van der Waals surface area contributed by atoms with E-state index in [2.05, 4.69) is 11.4 Å². The van der Waals surface area contributed by atoms with E-state index < -0.39 is 9.84 Å². The molecule has 4 heteroatoms. The van der Waals surface area contributed by atoms with Gasteiger partial charge in [0, 0.05) is 6.54 Å². The van der Waals surface area contributed by atoms with Gasteiger partial charge in [-0.15, -0.1) is 0 Å². The molecule has 0 spiro atoms. The molecule has 1 N–H and O–H groups in total. The average molecular weight is 189 g/mol. The van der Waals surface area contributed by atoms with E-state index in [0.717, 1.165) is 19.4 Å². The van der Waals surface area contributed by atoms with Crippen LogP contribution in [0, 0.1) is 0 Å². The molecule has 12 heavy (non-hydrogen) atoms. The van der Waals surface area contributed by atoms with Crippen LogP contribution in [0.4, 0.5) is 0 Å². The number of allylic oxidation sites excluding steroid dienone is 1. The van der Waals surface area contributed by atoms with Gasteiger partial charge in [-0.1, -0.05) is 11.6 Å². The summed E-state index contributed by atoms with van der Waals surface area (Å²) in [7, 11) is -0.816. The van der Waals surface area contributed by atoms with Crippen LogP contribution >= 0.6 is 0 Å². The fourth-order valence-corrected chi connectivity index (χ4v) is 2.60. The zero-order valence-corrected chi connectivity index (χ0v) is 8.15. The van der Waals surface area contributed by atoms with Crippen LogP contribution in [0.15, 0.2) is 11.6 Å². The quantitative estimate of drug-likeness (QED) is 0.637. The van der Waals surface area contributed by atoms with Gasteiger partial charge in [-0.2, -0.15) is 0 Å². The lowest BCUT2D eigenvalue weighted by Crippen LogP contribution is -2.18. The molecule has 1 heterocycles. The number of hydrogen-bond donors (Lipinski definition) is 1. The third-order valence-corrected chi connectivity index (χ3v) is 3.72. The van der Waals surface area contributed by atoms with Gasteiger partial charge in [-0.05, 0) is 19.9 Å². The molecule has 1 fully saturated rings. The number of nitrogens with one attached hydrogen (secondary N) is 1. The van der Waals surface area contributed by atoms with E-state index in [-0.39, 0.29) is 0 Å². The highest BCUT2D eigenvalue weighted by atomic mass is 32.2. The van der Waals surface area contributed by atoms with Gasteiger partial charge in [0.05, 0.1) is 11.5 Å². The maximum Gasteiger partial charge on any atom is 0.150 e. The van der Waals surface area contributed by atoms with E-state index in [9.17, 15) is 8.42 Å². The second kappa shape index (κ2) is 4.05. The third-order valence-electron chi connectivity index (χ3n) is 2.06. The van der Waals surface area contributed by atoms with E-state index in [1.165, 1.54) is 5.57 Å². The number of sulfone groups is 1. The van der Waals surface area contributed by atoms with Crippen LogP contribution in [0.3, 0.4) is 0 Å². The van der Waals surface area contributed by atoms with Gasteiger partial charge < -0.3 is 5.32 Å². The van der Waals surface area contributed by atoms with Crippen molar-refractivity contribution in [3.63, 3.8) is 0 Å². The first-order valence-corrected chi connectivity index (χ1v) is 5.99. The lowest BCUT2D eigenvalue weighted by Gasteiger charge is -2.14. The van der Waals surface area contributed by atoms with Gasteiger partial charge in [0.25, 0.3) is 0 Å². The largest absolute Gasteiger partial charge is 0.316 e. The fraction of sp³-hybridized carbons (Fsp3) is 0.750. The molecule has 1 aliphatic heterocycles. The van der Waals surface area contributed by atoms with Crippen molar-refractivity contribution in [2.75, 3.05) is 25.1 Å². The normalized spacial score (nSPS) is 22.2. The first-order chi connectivity index (χ1) is 5.64. The molecule has 0 aliphatic carbocycles. The SMILES string of the molecule is CNCC=C1CCS(=O)(=O)CC1. The van der Waals surface area contributed by atoms with Gasteiger partial charge in [0.2, 0.25) is 0 Å². The molecular weight excluding hydrogens is 174 g/mol. The Bertz CT molecular complexity index is 251. The molecule has 0 atom stereocenters. The van der Waals surface area contributed by atoms with Crippen molar-refractivity contribution in [1.29, 1.82) is 0 Å². The Morgan fingerprint density at radius 2 is 2.00 bits per heavy atom. The van der Waals surface area contributed by atoms with Crippen LogP contribution in [-0.4, -0.2) is 33.5 Å². The molecule has 0 aromatic heterocycles. The predicted octanol–water partition coefficient (Wildman–Crippen LogP) is 0.341. The minimum absolute atomic E-state index is 0.336. The van der Waals surface area contributed by atoms with E-state index >= 15 is 0 Å². The molecule has 0 aromatic carbocycles. The van der Waals surface area contributed by atoms with Crippen molar-refractivity contribution in [3.8, 4) is 0 Å². The van der Waals surface area contributed by atoms with Crippen LogP contribution in [-0.2, 0) is 9.84 Å². The summed E-state index contributed by atoms with van der Waals surface area (Å²) in [6.07, 6.45) is 3.54. The smallest absolute Gasteiger partial charge is 0.150 e. The van der Waals surface area contributed by atoms with Crippen molar-refractivity contribution in [2.45, 2.75) is 12.8 Å². The third kappa shape index (κ3) is 2.95. The topological polar surface area (TPSA) is 46.2 Å². The van der Waals surface area contributed by atoms with Crippen molar-refractivity contribution in [1.82, 2.24) is 5.32 Å². The Kier molecular flexibility index (Phi) is 3.29. The Morgan fingerprint density at radius 1 is 1.42 bits per heavy atom. The Hall–Kier alpha value is -0.350. The van der Waals surface area contributed by atoms with Gasteiger partial charge in [0.15, 0.2) is 9.84 Å². The van der Waals surface area contributed by atoms with Gasteiger partial charge in [-0.25, -0.2) is 8.42 Å². The first-order valence-electron chi connectivity index (χ1n) is 4.17. The minimum Gasteiger partial charge on any atom is -0.316 e. The molecule has 0 saturated carbocycles. The lowest BCUT2D eigenvalue weighted by molar-refractivity contribution is 0.588. The van der Waals surface area contributed by atoms with Crippen LogP contribution in [0.25, 0.3) is 0 Å². The number of rotatable bonds is 2. The highest BCUT2D eigenvalue weighted by molar-refractivity contribution is 7.91. The lowest BCUT2D eigenvalue weighted by atomic mass is 10.1. The van der Waals surface area contributed by atoms with Gasteiger partial charge in [-0.3, -0.25) is 0 Å². The Labute approximate surface area is 73.8 Å². The maximum absolute atomic E-state index is 11.0. The van der Waals surface area contributed by atoms with E-state index in [4.69, 9.17) is 0 Å². The summed E-state index contributed by atoms with van der Waals surface area (Å²) in [6.45, 7) is 0.843. The van der Waals surface area contributed by atoms with E-state index in [0.29, 0.717) is 11.5 Å². The van der Waals surface area contributed by atoms with Crippen molar-refractivity contribution < 1.29 is 8.42 Å². The molecule has 3 nitrogen and oxygen atoms in total. The fourth-order valence-electron chi connectivity index (χ4n) is 1.25. The summed E-state index contributed by atoms with van der Waals surface area (Å²) in [5, 5.41) is 3.01. The molecular formula is C8H15NO2S. The summed E-state index contributed by atoms with van der Waals surface area (Å²) >= 11 is 0. The number of likely N-dealkylation sites (N-methyl/N-ethyl adjacent to an activating group) is 1. The van der Waals surface area contributed by atoms with Crippen LogP contribution in [0.1, 0.15) is 12.8 Å². The van der Waals surface area contributed by atoms with Crippen LogP contribution in [0.5, 0.6) is 0 Å². The van der Waals surface area contributed by atoms with E-state index in [1.54, 1.807) is 0 Å². The van der Waals surface area contributed by atoms with Crippen molar-refractivity contribution >= 4 is 9.84 Å². The van der Waals surface area contributed by atoms with Crippen molar-refractivity contribution in [2.24, 2.45) is 0 Å². The van der Waals surface area contributed by atoms with Gasteiger partial charge in [0.1, 0.15) is 0 Å². The highest BCUT2D eigenvalue weighted by Gasteiger charge is 2.17. The summed E-state index contributed by atoms with van der Waals surface area (Å²) in [6, 6.07) is 0. The monoisotopic (exact) mass is 189 g/mol. The van der Waals surface area contributed by atoms with Crippen LogP contribution in [0.2, 0.25) is 0 Å². The second-order valence-corrected chi connectivity index (χ2v) is 5.38. The molecule has 0 radical (unpaired) electrons. The summed E-state index contributed by atoms with van der Waals surface area (Å²) in [5.41, 5.74) is 1.28. The maximum atomic E-state index is 11.0. The summed E-state index contributed by atoms with van der Waals surface area (Å²) in [4.78, 5) is 0. The molecule has 0 aromatic rings. The predicted molar refractivity (Wildman–Crippen MR) is 49.9 cm³/mol. The molecule has 1 saturated heterocycles. The first kappa shape index (κ1) is 9.74. The Morgan fingerprint density at radius 3 is 2.50 bits per heavy atom. The zero-order chi connectivity index (χ0) is 9.03. The molecule has 1 aliphatic rings. The summed E-state index contributed by atoms with van der Waals surface area (Å²) < 4.78 is 22.1. The second-order valence-electron chi connectivity index (χ2n) is 3.07. The molecule has 0 unspecified atom stereocenters. The van der Waals surface area contributed by atoms with E-state index in [1.807, 2.05) is 7.05 Å². The van der Waals surface area contributed by atoms with Crippen molar-refractivity contribution in [3.05, 3.63) is 11.6 Å². The minimum atomic E-state index is -2.70. The standard InChI is InChI=1S/C8H15NO2S/c1-9-5-2-8-3-6-12(10,11)7-4-8/h2,9H,3-7H2,1H3.